The third-order valence-corrected chi connectivity index (χ3v) is 3.13. The Hall–Kier alpha value is -2.22. The zero-order valence-electron chi connectivity index (χ0n) is 9.72. The number of rotatable bonds is 1. The summed E-state index contributed by atoms with van der Waals surface area (Å²) in [5, 5.41) is 1.26. The maximum Gasteiger partial charge on any atom is 0.0483 e. The largest absolute Gasteiger partial charge is 0.399 e. The Bertz CT molecular complexity index is 680. The molecule has 1 heterocycles. The van der Waals surface area contributed by atoms with Crippen LogP contribution >= 0.6 is 0 Å². The van der Waals surface area contributed by atoms with E-state index in [9.17, 15) is 0 Å². The molecular formula is C15H14N2. The molecule has 0 aliphatic heterocycles. The third-order valence-electron chi connectivity index (χ3n) is 3.13. The Kier molecular flexibility index (Phi) is 2.15. The van der Waals surface area contributed by atoms with Crippen LogP contribution in [0.3, 0.4) is 0 Å². The van der Waals surface area contributed by atoms with E-state index in [1.54, 1.807) is 0 Å². The van der Waals surface area contributed by atoms with E-state index in [1.165, 1.54) is 22.0 Å². The molecule has 0 saturated carbocycles. The Morgan fingerprint density at radius 2 is 1.82 bits per heavy atom. The van der Waals surface area contributed by atoms with E-state index in [2.05, 4.69) is 48.1 Å². The first-order chi connectivity index (χ1) is 8.25. The molecular weight excluding hydrogens is 208 g/mol. The molecule has 2 heteroatoms. The molecule has 0 atom stereocenters. The topological polar surface area (TPSA) is 30.9 Å². The van der Waals surface area contributed by atoms with Crippen molar-refractivity contribution in [2.75, 3.05) is 5.73 Å². The van der Waals surface area contributed by atoms with Gasteiger partial charge in [0.05, 0.1) is 0 Å². The highest BCUT2D eigenvalue weighted by atomic mass is 14.9. The smallest absolute Gasteiger partial charge is 0.0483 e. The van der Waals surface area contributed by atoms with Crippen molar-refractivity contribution in [3.05, 3.63) is 54.7 Å². The molecule has 2 N–H and O–H groups in total. The van der Waals surface area contributed by atoms with Gasteiger partial charge in [-0.15, -0.1) is 0 Å². The van der Waals surface area contributed by atoms with Gasteiger partial charge in [-0.05, 0) is 35.4 Å². The highest BCUT2D eigenvalue weighted by Crippen LogP contribution is 2.29. The third kappa shape index (κ3) is 1.58. The van der Waals surface area contributed by atoms with Gasteiger partial charge in [0.15, 0.2) is 0 Å². The van der Waals surface area contributed by atoms with Crippen molar-refractivity contribution >= 4 is 16.6 Å². The monoisotopic (exact) mass is 222 g/mol. The van der Waals surface area contributed by atoms with Crippen LogP contribution in [0.1, 0.15) is 0 Å². The minimum absolute atomic E-state index is 0.801. The van der Waals surface area contributed by atoms with E-state index < -0.39 is 0 Å². The summed E-state index contributed by atoms with van der Waals surface area (Å²) in [5.74, 6) is 0. The maximum absolute atomic E-state index is 5.84. The second-order valence-corrected chi connectivity index (χ2v) is 4.29. The Balaban J connectivity index is 2.30. The first-order valence-corrected chi connectivity index (χ1v) is 5.66. The average molecular weight is 222 g/mol. The normalized spacial score (nSPS) is 10.9. The molecule has 0 spiro atoms. The van der Waals surface area contributed by atoms with Crippen LogP contribution in [0, 0.1) is 0 Å². The van der Waals surface area contributed by atoms with Gasteiger partial charge in [0.25, 0.3) is 0 Å². The van der Waals surface area contributed by atoms with Crippen molar-refractivity contribution < 1.29 is 0 Å². The van der Waals surface area contributed by atoms with Crippen LogP contribution in [-0.2, 0) is 7.05 Å². The second-order valence-electron chi connectivity index (χ2n) is 4.29. The van der Waals surface area contributed by atoms with E-state index in [0.29, 0.717) is 0 Å². The molecule has 0 radical (unpaired) electrons. The predicted molar refractivity (Wildman–Crippen MR) is 72.8 cm³/mol. The van der Waals surface area contributed by atoms with Crippen molar-refractivity contribution in [1.29, 1.82) is 0 Å². The van der Waals surface area contributed by atoms with Gasteiger partial charge in [0, 0.05) is 29.8 Å². The molecule has 0 amide bonds. The second kappa shape index (κ2) is 3.67. The number of nitrogen functional groups attached to an aromatic ring is 1. The lowest BCUT2D eigenvalue weighted by molar-refractivity contribution is 0.969. The molecule has 84 valence electrons. The van der Waals surface area contributed by atoms with Gasteiger partial charge < -0.3 is 10.3 Å². The number of hydrogen-bond donors (Lipinski definition) is 1. The Morgan fingerprint density at radius 3 is 2.65 bits per heavy atom. The summed E-state index contributed by atoms with van der Waals surface area (Å²) in [7, 11) is 2.06. The fraction of sp³-hybridized carbons (Fsp3) is 0.0667. The number of aryl methyl sites for hydroxylation is 1. The van der Waals surface area contributed by atoms with Crippen LogP contribution in [0.4, 0.5) is 5.69 Å². The SMILES string of the molecule is Cn1ccc2c(-c3cccc(N)c3)cccc21. The molecule has 0 aliphatic rings. The lowest BCUT2D eigenvalue weighted by Gasteiger charge is -2.05. The molecule has 1 aromatic heterocycles. The molecule has 0 bridgehead atoms. The van der Waals surface area contributed by atoms with Gasteiger partial charge in [0.2, 0.25) is 0 Å². The van der Waals surface area contributed by atoms with Gasteiger partial charge in [-0.2, -0.15) is 0 Å². The minimum atomic E-state index is 0.801. The molecule has 3 rings (SSSR count). The number of fused-ring (bicyclic) bond motifs is 1. The summed E-state index contributed by atoms with van der Waals surface area (Å²) in [6.45, 7) is 0. The minimum Gasteiger partial charge on any atom is -0.399 e. The van der Waals surface area contributed by atoms with E-state index in [-0.39, 0.29) is 0 Å². The quantitative estimate of drug-likeness (QED) is 0.628. The molecule has 17 heavy (non-hydrogen) atoms. The van der Waals surface area contributed by atoms with Gasteiger partial charge in [-0.3, -0.25) is 0 Å². The van der Waals surface area contributed by atoms with Crippen LogP contribution in [0.5, 0.6) is 0 Å². The van der Waals surface area contributed by atoms with Crippen LogP contribution in [0.15, 0.2) is 54.7 Å². The zero-order chi connectivity index (χ0) is 11.8. The summed E-state index contributed by atoms with van der Waals surface area (Å²) >= 11 is 0. The van der Waals surface area contributed by atoms with E-state index >= 15 is 0 Å². The Labute approximate surface area is 100 Å². The van der Waals surface area contributed by atoms with Crippen molar-refractivity contribution in [1.82, 2.24) is 4.57 Å². The lowest BCUT2D eigenvalue weighted by Crippen LogP contribution is -1.87. The van der Waals surface area contributed by atoms with E-state index in [4.69, 9.17) is 5.73 Å². The molecule has 0 fully saturated rings. The summed E-state index contributed by atoms with van der Waals surface area (Å²) in [5.41, 5.74) is 10.3. The first kappa shape index (κ1) is 9.97. The summed E-state index contributed by atoms with van der Waals surface area (Å²) in [6, 6.07) is 16.5. The maximum atomic E-state index is 5.84. The molecule has 0 saturated heterocycles. The van der Waals surface area contributed by atoms with E-state index in [1.807, 2.05) is 18.2 Å². The lowest BCUT2D eigenvalue weighted by atomic mass is 10.0. The van der Waals surface area contributed by atoms with E-state index in [0.717, 1.165) is 5.69 Å². The van der Waals surface area contributed by atoms with Crippen LogP contribution in [0.25, 0.3) is 22.0 Å². The van der Waals surface area contributed by atoms with Gasteiger partial charge in [0.1, 0.15) is 0 Å². The van der Waals surface area contributed by atoms with Crippen molar-refractivity contribution in [2.24, 2.45) is 7.05 Å². The molecule has 2 aromatic carbocycles. The molecule has 3 aromatic rings. The number of benzene rings is 2. The van der Waals surface area contributed by atoms with Crippen molar-refractivity contribution in [3.63, 3.8) is 0 Å². The number of nitrogens with zero attached hydrogens (tertiary/aromatic N) is 1. The highest BCUT2D eigenvalue weighted by Gasteiger charge is 2.05. The number of hydrogen-bond acceptors (Lipinski definition) is 1. The predicted octanol–water partition coefficient (Wildman–Crippen LogP) is 3.43. The van der Waals surface area contributed by atoms with Crippen LogP contribution in [-0.4, -0.2) is 4.57 Å². The average Bonchev–Trinajstić information content (AvgIpc) is 2.71. The summed E-state index contributed by atoms with van der Waals surface area (Å²) < 4.78 is 2.13. The first-order valence-electron chi connectivity index (χ1n) is 5.66. The van der Waals surface area contributed by atoms with Crippen molar-refractivity contribution in [3.8, 4) is 11.1 Å². The standard InChI is InChI=1S/C15H14N2/c1-17-9-8-14-13(6-3-7-15(14)17)11-4-2-5-12(16)10-11/h2-10H,16H2,1H3. The highest BCUT2D eigenvalue weighted by molar-refractivity contribution is 5.95. The number of nitrogens with two attached hydrogens (primary N) is 1. The Morgan fingerprint density at radius 1 is 1.00 bits per heavy atom. The molecule has 2 nitrogen and oxygen atoms in total. The van der Waals surface area contributed by atoms with Gasteiger partial charge in [-0.25, -0.2) is 0 Å². The number of anilines is 1. The van der Waals surface area contributed by atoms with Crippen LogP contribution in [0.2, 0.25) is 0 Å². The van der Waals surface area contributed by atoms with Crippen molar-refractivity contribution in [2.45, 2.75) is 0 Å². The van der Waals surface area contributed by atoms with Gasteiger partial charge in [-0.1, -0.05) is 24.3 Å². The molecule has 0 unspecified atom stereocenters. The van der Waals surface area contributed by atoms with Gasteiger partial charge >= 0.3 is 0 Å². The van der Waals surface area contributed by atoms with Crippen LogP contribution < -0.4 is 5.73 Å². The number of aromatic nitrogens is 1. The fourth-order valence-corrected chi connectivity index (χ4v) is 2.26. The summed E-state index contributed by atoms with van der Waals surface area (Å²) in [4.78, 5) is 0. The zero-order valence-corrected chi connectivity index (χ0v) is 9.72. The fourth-order valence-electron chi connectivity index (χ4n) is 2.26. The summed E-state index contributed by atoms with van der Waals surface area (Å²) in [6.07, 6.45) is 2.08. The molecule has 0 aliphatic carbocycles.